The SMILES string of the molecule is CCC(=O)N1CSCC1C(=O)N1CCCCC1CN.Cl. The highest BCUT2D eigenvalue weighted by molar-refractivity contribution is 7.99. The van der Waals surface area contributed by atoms with Crippen molar-refractivity contribution < 1.29 is 9.59 Å². The second kappa shape index (κ2) is 8.10. The van der Waals surface area contributed by atoms with Crippen LogP contribution in [0.25, 0.3) is 0 Å². The molecule has 7 heteroatoms. The van der Waals surface area contributed by atoms with Crippen LogP contribution in [-0.4, -0.2) is 58.4 Å². The fraction of sp³-hybridized carbons (Fsp3) is 0.846. The maximum Gasteiger partial charge on any atom is 0.246 e. The van der Waals surface area contributed by atoms with Gasteiger partial charge in [-0.1, -0.05) is 6.92 Å². The average molecular weight is 322 g/mol. The van der Waals surface area contributed by atoms with Crippen LogP contribution in [0.4, 0.5) is 0 Å². The lowest BCUT2D eigenvalue weighted by molar-refractivity contribution is -0.145. The van der Waals surface area contributed by atoms with Gasteiger partial charge in [0, 0.05) is 31.3 Å². The van der Waals surface area contributed by atoms with E-state index in [4.69, 9.17) is 5.73 Å². The molecule has 2 fully saturated rings. The molecule has 0 aromatic rings. The first-order chi connectivity index (χ1) is 9.19. The predicted molar refractivity (Wildman–Crippen MR) is 83.9 cm³/mol. The molecule has 0 saturated carbocycles. The molecule has 2 N–H and O–H groups in total. The molecule has 116 valence electrons. The molecular formula is C13H24ClN3O2S. The van der Waals surface area contributed by atoms with Crippen molar-refractivity contribution in [1.29, 1.82) is 0 Å². The van der Waals surface area contributed by atoms with Crippen molar-refractivity contribution in [2.24, 2.45) is 5.73 Å². The lowest BCUT2D eigenvalue weighted by atomic mass is 10.0. The number of amides is 2. The zero-order valence-electron chi connectivity index (χ0n) is 11.9. The molecule has 0 spiro atoms. The van der Waals surface area contributed by atoms with Gasteiger partial charge >= 0.3 is 0 Å². The van der Waals surface area contributed by atoms with Gasteiger partial charge in [0.2, 0.25) is 11.8 Å². The van der Waals surface area contributed by atoms with Gasteiger partial charge in [-0.05, 0) is 19.3 Å². The molecule has 0 aromatic heterocycles. The van der Waals surface area contributed by atoms with E-state index in [1.54, 1.807) is 16.7 Å². The molecule has 0 radical (unpaired) electrons. The zero-order valence-corrected chi connectivity index (χ0v) is 13.5. The molecule has 0 bridgehead atoms. The third kappa shape index (κ3) is 3.59. The highest BCUT2D eigenvalue weighted by Gasteiger charge is 2.38. The number of halogens is 1. The maximum atomic E-state index is 12.7. The van der Waals surface area contributed by atoms with Crippen LogP contribution in [0.3, 0.4) is 0 Å². The molecule has 2 saturated heterocycles. The molecule has 5 nitrogen and oxygen atoms in total. The maximum absolute atomic E-state index is 12.7. The van der Waals surface area contributed by atoms with E-state index in [-0.39, 0.29) is 36.3 Å². The van der Waals surface area contributed by atoms with Crippen molar-refractivity contribution >= 4 is 36.0 Å². The Kier molecular flexibility index (Phi) is 7.12. The van der Waals surface area contributed by atoms with E-state index in [1.807, 2.05) is 11.8 Å². The number of rotatable bonds is 3. The van der Waals surface area contributed by atoms with E-state index < -0.39 is 0 Å². The first-order valence-corrected chi connectivity index (χ1v) is 8.22. The van der Waals surface area contributed by atoms with E-state index in [0.717, 1.165) is 31.6 Å². The molecule has 2 aliphatic rings. The van der Waals surface area contributed by atoms with Gasteiger partial charge < -0.3 is 15.5 Å². The highest BCUT2D eigenvalue weighted by Crippen LogP contribution is 2.26. The summed E-state index contributed by atoms with van der Waals surface area (Å²) in [6, 6.07) is -0.116. The van der Waals surface area contributed by atoms with Crippen molar-refractivity contribution in [2.75, 3.05) is 24.7 Å². The third-order valence-electron chi connectivity index (χ3n) is 3.97. The minimum absolute atomic E-state index is 0. The Bertz CT molecular complexity index is 357. The summed E-state index contributed by atoms with van der Waals surface area (Å²) in [5.41, 5.74) is 5.77. The molecule has 0 aromatic carbocycles. The Balaban J connectivity index is 0.00000200. The second-order valence-corrected chi connectivity index (χ2v) is 6.15. The topological polar surface area (TPSA) is 66.6 Å². The third-order valence-corrected chi connectivity index (χ3v) is 4.98. The van der Waals surface area contributed by atoms with E-state index >= 15 is 0 Å². The number of carbonyl (C=O) groups excluding carboxylic acids is 2. The number of nitrogens with zero attached hydrogens (tertiary/aromatic N) is 2. The Hall–Kier alpha value is -0.460. The van der Waals surface area contributed by atoms with Crippen molar-refractivity contribution in [1.82, 2.24) is 9.80 Å². The summed E-state index contributed by atoms with van der Waals surface area (Å²) >= 11 is 1.66. The minimum Gasteiger partial charge on any atom is -0.337 e. The van der Waals surface area contributed by atoms with Crippen molar-refractivity contribution in [3.8, 4) is 0 Å². The Morgan fingerprint density at radius 2 is 2.05 bits per heavy atom. The lowest BCUT2D eigenvalue weighted by Crippen LogP contribution is -2.55. The Morgan fingerprint density at radius 3 is 2.70 bits per heavy atom. The van der Waals surface area contributed by atoms with Crippen molar-refractivity contribution in [3.63, 3.8) is 0 Å². The Labute approximate surface area is 131 Å². The number of nitrogens with two attached hydrogens (primary N) is 1. The number of piperidine rings is 1. The summed E-state index contributed by atoms with van der Waals surface area (Å²) < 4.78 is 0. The Morgan fingerprint density at radius 1 is 1.30 bits per heavy atom. The van der Waals surface area contributed by atoms with Crippen LogP contribution < -0.4 is 5.73 Å². The second-order valence-electron chi connectivity index (χ2n) is 5.15. The van der Waals surface area contributed by atoms with E-state index in [2.05, 4.69) is 0 Å². The van der Waals surface area contributed by atoms with Crippen LogP contribution in [0.15, 0.2) is 0 Å². The number of carbonyl (C=O) groups is 2. The summed E-state index contributed by atoms with van der Waals surface area (Å²) in [5, 5.41) is 0. The van der Waals surface area contributed by atoms with Crippen molar-refractivity contribution in [3.05, 3.63) is 0 Å². The number of thioether (sulfide) groups is 1. The molecule has 2 unspecified atom stereocenters. The van der Waals surface area contributed by atoms with E-state index in [9.17, 15) is 9.59 Å². The highest BCUT2D eigenvalue weighted by atomic mass is 35.5. The van der Waals surface area contributed by atoms with Gasteiger partial charge in [0.1, 0.15) is 6.04 Å². The quantitative estimate of drug-likeness (QED) is 0.844. The number of hydrogen-bond donors (Lipinski definition) is 1. The normalized spacial score (nSPS) is 26.3. The molecule has 20 heavy (non-hydrogen) atoms. The molecule has 2 amide bonds. The van der Waals surface area contributed by atoms with Gasteiger partial charge in [-0.25, -0.2) is 0 Å². The summed E-state index contributed by atoms with van der Waals surface area (Å²) in [6.45, 7) is 3.15. The lowest BCUT2D eigenvalue weighted by Gasteiger charge is -2.38. The number of hydrogen-bond acceptors (Lipinski definition) is 4. The summed E-state index contributed by atoms with van der Waals surface area (Å²) in [6.07, 6.45) is 3.64. The molecule has 2 aliphatic heterocycles. The molecule has 2 atom stereocenters. The van der Waals surface area contributed by atoms with Gasteiger partial charge in [0.05, 0.1) is 5.88 Å². The van der Waals surface area contributed by atoms with Gasteiger partial charge in [-0.15, -0.1) is 24.2 Å². The van der Waals surface area contributed by atoms with Gasteiger partial charge in [-0.2, -0.15) is 0 Å². The largest absolute Gasteiger partial charge is 0.337 e. The fourth-order valence-electron chi connectivity index (χ4n) is 2.82. The van der Waals surface area contributed by atoms with Gasteiger partial charge in [0.15, 0.2) is 0 Å². The van der Waals surface area contributed by atoms with Crippen LogP contribution >= 0.6 is 24.2 Å². The fourth-order valence-corrected chi connectivity index (χ4v) is 4.00. The van der Waals surface area contributed by atoms with Crippen LogP contribution in [0, 0.1) is 0 Å². The summed E-state index contributed by atoms with van der Waals surface area (Å²) in [5.74, 6) is 1.54. The molecule has 2 rings (SSSR count). The zero-order chi connectivity index (χ0) is 13.8. The van der Waals surface area contributed by atoms with Crippen LogP contribution in [-0.2, 0) is 9.59 Å². The minimum atomic E-state index is -0.274. The smallest absolute Gasteiger partial charge is 0.246 e. The van der Waals surface area contributed by atoms with E-state index in [0.29, 0.717) is 18.8 Å². The first kappa shape index (κ1) is 17.6. The van der Waals surface area contributed by atoms with Gasteiger partial charge in [0.25, 0.3) is 0 Å². The summed E-state index contributed by atoms with van der Waals surface area (Å²) in [7, 11) is 0. The molecule has 0 aliphatic carbocycles. The average Bonchev–Trinajstić information content (AvgIpc) is 2.95. The summed E-state index contributed by atoms with van der Waals surface area (Å²) in [4.78, 5) is 28.2. The standard InChI is InChI=1S/C13H23N3O2S.ClH/c1-2-12(17)16-9-19-8-11(16)13(18)15-6-4-3-5-10(15)7-14;/h10-11H,2-9,14H2,1H3;1H. The molecular weight excluding hydrogens is 298 g/mol. The van der Waals surface area contributed by atoms with E-state index in [1.165, 1.54) is 0 Å². The monoisotopic (exact) mass is 321 g/mol. The van der Waals surface area contributed by atoms with Crippen LogP contribution in [0.2, 0.25) is 0 Å². The van der Waals surface area contributed by atoms with Gasteiger partial charge in [-0.3, -0.25) is 9.59 Å². The molecule has 2 heterocycles. The van der Waals surface area contributed by atoms with Crippen molar-refractivity contribution in [2.45, 2.75) is 44.7 Å². The van der Waals surface area contributed by atoms with Crippen LogP contribution in [0.5, 0.6) is 0 Å². The van der Waals surface area contributed by atoms with Crippen LogP contribution in [0.1, 0.15) is 32.6 Å². The number of likely N-dealkylation sites (tertiary alicyclic amines) is 1. The first-order valence-electron chi connectivity index (χ1n) is 7.06. The predicted octanol–water partition coefficient (Wildman–Crippen LogP) is 1.06.